The van der Waals surface area contributed by atoms with Gasteiger partial charge in [0.05, 0.1) is 4.90 Å². The Hall–Kier alpha value is -1.73. The first kappa shape index (κ1) is 18.6. The average Bonchev–Trinajstić information content (AvgIpc) is 3.18. The number of hydrogen-bond donors (Lipinski definition) is 0. The first-order chi connectivity index (χ1) is 12.9. The summed E-state index contributed by atoms with van der Waals surface area (Å²) >= 11 is 0. The molecular weight excluding hydrogens is 362 g/mol. The van der Waals surface area contributed by atoms with Crippen LogP contribution in [0.1, 0.15) is 74.3 Å². The van der Waals surface area contributed by atoms with Crippen LogP contribution < -0.4 is 0 Å². The molecule has 27 heavy (non-hydrogen) atoms. The molecule has 2 aromatic rings. The van der Waals surface area contributed by atoms with E-state index < -0.39 is 10.0 Å². The van der Waals surface area contributed by atoms with E-state index >= 15 is 0 Å². The SMILES string of the molecule is CC(C)c1nnc(C2CCN(S(=O)(=O)c3ccc4c(c3)CCCC4)CC2)o1. The van der Waals surface area contributed by atoms with Crippen molar-refractivity contribution in [3.05, 3.63) is 41.1 Å². The molecule has 1 aliphatic heterocycles. The fourth-order valence-corrected chi connectivity index (χ4v) is 5.53. The molecule has 0 radical (unpaired) electrons. The van der Waals surface area contributed by atoms with Crippen LogP contribution in [0.2, 0.25) is 0 Å². The molecule has 1 saturated heterocycles. The second kappa shape index (κ2) is 7.36. The third kappa shape index (κ3) is 3.67. The summed E-state index contributed by atoms with van der Waals surface area (Å²) in [6.45, 7) is 5.02. The summed E-state index contributed by atoms with van der Waals surface area (Å²) in [6, 6.07) is 5.67. The van der Waals surface area contributed by atoms with Crippen LogP contribution in [0.15, 0.2) is 27.5 Å². The molecular formula is C20H27N3O3S. The van der Waals surface area contributed by atoms with Crippen molar-refractivity contribution in [1.82, 2.24) is 14.5 Å². The van der Waals surface area contributed by atoms with Crippen LogP contribution >= 0.6 is 0 Å². The molecule has 1 aliphatic carbocycles. The maximum absolute atomic E-state index is 13.1. The van der Waals surface area contributed by atoms with Gasteiger partial charge >= 0.3 is 0 Å². The van der Waals surface area contributed by atoms with Gasteiger partial charge in [-0.1, -0.05) is 19.9 Å². The standard InChI is InChI=1S/C20H27N3O3S/c1-14(2)19-21-22-20(26-19)16-9-11-23(12-10-16)27(24,25)18-8-7-15-5-3-4-6-17(15)13-18/h7-8,13-14,16H,3-6,9-12H2,1-2H3. The monoisotopic (exact) mass is 389 g/mol. The Morgan fingerprint density at radius 1 is 1.07 bits per heavy atom. The second-order valence-corrected chi connectivity index (χ2v) is 9.89. The van der Waals surface area contributed by atoms with E-state index in [-0.39, 0.29) is 11.8 Å². The van der Waals surface area contributed by atoms with Gasteiger partial charge < -0.3 is 4.42 Å². The lowest BCUT2D eigenvalue weighted by atomic mass is 9.92. The predicted molar refractivity (Wildman–Crippen MR) is 102 cm³/mol. The minimum Gasteiger partial charge on any atom is -0.425 e. The minimum absolute atomic E-state index is 0.139. The van der Waals surface area contributed by atoms with Gasteiger partial charge in [0.1, 0.15) is 0 Å². The summed E-state index contributed by atoms with van der Waals surface area (Å²) in [6.07, 6.45) is 5.80. The highest BCUT2D eigenvalue weighted by Crippen LogP contribution is 2.32. The van der Waals surface area contributed by atoms with Gasteiger partial charge in [-0.3, -0.25) is 0 Å². The molecule has 6 nitrogen and oxygen atoms in total. The lowest BCUT2D eigenvalue weighted by molar-refractivity contribution is 0.285. The van der Waals surface area contributed by atoms with Gasteiger partial charge in [-0.05, 0) is 61.8 Å². The van der Waals surface area contributed by atoms with Crippen LogP contribution in [-0.2, 0) is 22.9 Å². The molecule has 0 bridgehead atoms. The third-order valence-electron chi connectivity index (χ3n) is 5.71. The lowest BCUT2D eigenvalue weighted by Gasteiger charge is -2.30. The number of benzene rings is 1. The first-order valence-corrected chi connectivity index (χ1v) is 11.3. The highest BCUT2D eigenvalue weighted by Gasteiger charge is 2.32. The van der Waals surface area contributed by atoms with Crippen molar-refractivity contribution in [3.8, 4) is 0 Å². The predicted octanol–water partition coefficient (Wildman–Crippen LogP) is 3.64. The molecule has 0 N–H and O–H groups in total. The van der Waals surface area contributed by atoms with Crippen molar-refractivity contribution in [2.45, 2.75) is 69.1 Å². The van der Waals surface area contributed by atoms with Gasteiger partial charge in [-0.25, -0.2) is 8.42 Å². The number of aryl methyl sites for hydroxylation is 2. The Morgan fingerprint density at radius 2 is 1.78 bits per heavy atom. The third-order valence-corrected chi connectivity index (χ3v) is 7.61. The lowest BCUT2D eigenvalue weighted by Crippen LogP contribution is -2.38. The Morgan fingerprint density at radius 3 is 2.44 bits per heavy atom. The number of fused-ring (bicyclic) bond motifs is 1. The Bertz CT molecular complexity index is 912. The van der Waals surface area contributed by atoms with E-state index in [1.807, 2.05) is 26.0 Å². The zero-order chi connectivity index (χ0) is 19.0. The molecule has 7 heteroatoms. The van der Waals surface area contributed by atoms with Crippen molar-refractivity contribution in [2.24, 2.45) is 0 Å². The summed E-state index contributed by atoms with van der Waals surface area (Å²) in [5, 5.41) is 8.27. The summed E-state index contributed by atoms with van der Waals surface area (Å²) in [7, 11) is -3.44. The van der Waals surface area contributed by atoms with Crippen molar-refractivity contribution in [1.29, 1.82) is 0 Å². The summed E-state index contributed by atoms with van der Waals surface area (Å²) in [4.78, 5) is 0.432. The van der Waals surface area contributed by atoms with Crippen LogP contribution in [0, 0.1) is 0 Å². The highest BCUT2D eigenvalue weighted by molar-refractivity contribution is 7.89. The maximum Gasteiger partial charge on any atom is 0.243 e. The fraction of sp³-hybridized carbons (Fsp3) is 0.600. The zero-order valence-electron chi connectivity index (χ0n) is 16.0. The molecule has 1 fully saturated rings. The molecule has 0 spiro atoms. The number of rotatable bonds is 4. The quantitative estimate of drug-likeness (QED) is 0.798. The van der Waals surface area contributed by atoms with Gasteiger partial charge in [0.15, 0.2) is 0 Å². The highest BCUT2D eigenvalue weighted by atomic mass is 32.2. The van der Waals surface area contributed by atoms with E-state index in [9.17, 15) is 8.42 Å². The Labute approximate surface area is 161 Å². The molecule has 0 unspecified atom stereocenters. The van der Waals surface area contributed by atoms with Crippen LogP contribution in [-0.4, -0.2) is 36.0 Å². The molecule has 1 aromatic carbocycles. The number of aromatic nitrogens is 2. The molecule has 2 heterocycles. The smallest absolute Gasteiger partial charge is 0.243 e. The summed E-state index contributed by atoms with van der Waals surface area (Å²) < 4.78 is 33.5. The Balaban J connectivity index is 1.46. The van der Waals surface area contributed by atoms with Gasteiger partial charge in [-0.2, -0.15) is 4.31 Å². The first-order valence-electron chi connectivity index (χ1n) is 9.90. The van der Waals surface area contributed by atoms with E-state index in [2.05, 4.69) is 10.2 Å². The van der Waals surface area contributed by atoms with E-state index in [1.165, 1.54) is 17.5 Å². The topological polar surface area (TPSA) is 76.3 Å². The van der Waals surface area contributed by atoms with Crippen LogP contribution in [0.3, 0.4) is 0 Å². The number of piperidine rings is 1. The normalized spacial score (nSPS) is 19.4. The molecule has 0 atom stereocenters. The fourth-order valence-electron chi connectivity index (χ4n) is 4.01. The van der Waals surface area contributed by atoms with Crippen molar-refractivity contribution >= 4 is 10.0 Å². The molecule has 1 aromatic heterocycles. The summed E-state index contributed by atoms with van der Waals surface area (Å²) in [5.74, 6) is 1.63. The van der Waals surface area contributed by atoms with Crippen molar-refractivity contribution < 1.29 is 12.8 Å². The zero-order valence-corrected chi connectivity index (χ0v) is 16.8. The van der Waals surface area contributed by atoms with E-state index in [0.29, 0.717) is 42.6 Å². The van der Waals surface area contributed by atoms with Gasteiger partial charge in [0.25, 0.3) is 0 Å². The van der Waals surface area contributed by atoms with Gasteiger partial charge in [-0.15, -0.1) is 10.2 Å². The van der Waals surface area contributed by atoms with Crippen molar-refractivity contribution in [2.75, 3.05) is 13.1 Å². The van der Waals surface area contributed by atoms with Gasteiger partial charge in [0.2, 0.25) is 21.8 Å². The molecule has 0 amide bonds. The number of nitrogens with zero attached hydrogens (tertiary/aromatic N) is 3. The van der Waals surface area contributed by atoms with Crippen LogP contribution in [0.4, 0.5) is 0 Å². The van der Waals surface area contributed by atoms with Gasteiger partial charge in [0, 0.05) is 24.9 Å². The molecule has 2 aliphatic rings. The van der Waals surface area contributed by atoms with Crippen molar-refractivity contribution in [3.63, 3.8) is 0 Å². The minimum atomic E-state index is -3.44. The molecule has 146 valence electrons. The Kier molecular flexibility index (Phi) is 5.07. The average molecular weight is 390 g/mol. The maximum atomic E-state index is 13.1. The van der Waals surface area contributed by atoms with E-state index in [1.54, 1.807) is 10.4 Å². The largest absolute Gasteiger partial charge is 0.425 e. The molecule has 4 rings (SSSR count). The van der Waals surface area contributed by atoms with Crippen LogP contribution in [0.25, 0.3) is 0 Å². The summed E-state index contributed by atoms with van der Waals surface area (Å²) in [5.41, 5.74) is 2.50. The number of sulfonamides is 1. The van der Waals surface area contributed by atoms with E-state index in [4.69, 9.17) is 4.42 Å². The number of hydrogen-bond acceptors (Lipinski definition) is 5. The molecule has 0 saturated carbocycles. The van der Waals surface area contributed by atoms with Crippen LogP contribution in [0.5, 0.6) is 0 Å². The van der Waals surface area contributed by atoms with E-state index in [0.717, 1.165) is 19.3 Å². The second-order valence-electron chi connectivity index (χ2n) is 7.95.